The highest BCUT2D eigenvalue weighted by molar-refractivity contribution is 6.07. The molecule has 0 fully saturated rings. The summed E-state index contributed by atoms with van der Waals surface area (Å²) < 4.78 is 11.8. The van der Waals surface area contributed by atoms with Crippen molar-refractivity contribution in [1.82, 2.24) is 9.80 Å². The van der Waals surface area contributed by atoms with Crippen molar-refractivity contribution < 1.29 is 24.2 Å². The van der Waals surface area contributed by atoms with E-state index in [1.54, 1.807) is 30.2 Å². The van der Waals surface area contributed by atoms with Crippen LogP contribution in [0, 0.1) is 5.92 Å². The van der Waals surface area contributed by atoms with Gasteiger partial charge in [0.25, 0.3) is 5.91 Å². The molecule has 1 aliphatic rings. The Morgan fingerprint density at radius 2 is 1.82 bits per heavy atom. The van der Waals surface area contributed by atoms with Gasteiger partial charge in [-0.15, -0.1) is 0 Å². The average Bonchev–Trinajstić information content (AvgIpc) is 3.03. The van der Waals surface area contributed by atoms with Gasteiger partial charge in [0, 0.05) is 36.6 Å². The van der Waals surface area contributed by atoms with E-state index in [1.807, 2.05) is 80.7 Å². The normalized spacial score (nSPS) is 17.3. The van der Waals surface area contributed by atoms with Gasteiger partial charge >= 0.3 is 6.03 Å². The number of methoxy groups -OCH3 is 1. The molecule has 4 aromatic rings. The third kappa shape index (κ3) is 7.12. The van der Waals surface area contributed by atoms with E-state index in [2.05, 4.69) is 22.5 Å². The number of ether oxygens (including phenoxy) is 2. The van der Waals surface area contributed by atoms with E-state index in [9.17, 15) is 14.7 Å². The summed E-state index contributed by atoms with van der Waals surface area (Å²) >= 11 is 0. The molecular weight excluding hydrogens is 556 g/mol. The Hall–Kier alpha value is -4.60. The molecule has 0 saturated heterocycles. The molecule has 0 saturated carbocycles. The molecule has 0 unspecified atom stereocenters. The molecule has 1 heterocycles. The van der Waals surface area contributed by atoms with Crippen molar-refractivity contribution in [3.63, 3.8) is 0 Å². The number of benzene rings is 4. The third-order valence-corrected chi connectivity index (χ3v) is 8.06. The molecule has 0 bridgehead atoms. The van der Waals surface area contributed by atoms with Gasteiger partial charge in [0.2, 0.25) is 0 Å². The Kier molecular flexibility index (Phi) is 9.67. The second-order valence-corrected chi connectivity index (χ2v) is 11.5. The van der Waals surface area contributed by atoms with Crippen molar-refractivity contribution in [3.05, 3.63) is 96.1 Å². The molecular formula is C35H40N4O5. The smallest absolute Gasteiger partial charge is 0.323 e. The number of amides is 3. The van der Waals surface area contributed by atoms with Crippen LogP contribution in [0.2, 0.25) is 0 Å². The van der Waals surface area contributed by atoms with Gasteiger partial charge in [-0.1, -0.05) is 55.5 Å². The Balaban J connectivity index is 1.36. The molecule has 1 aliphatic heterocycles. The minimum atomic E-state index is -0.423. The van der Waals surface area contributed by atoms with E-state index in [-0.39, 0.29) is 30.6 Å². The molecule has 0 aliphatic carbocycles. The molecule has 5 rings (SSSR count). The molecule has 9 heteroatoms. The molecule has 3 atom stereocenters. The van der Waals surface area contributed by atoms with Gasteiger partial charge in [-0.2, -0.15) is 0 Å². The lowest BCUT2D eigenvalue weighted by Crippen LogP contribution is -2.49. The van der Waals surface area contributed by atoms with Crippen molar-refractivity contribution in [2.45, 2.75) is 32.5 Å². The van der Waals surface area contributed by atoms with Crippen molar-refractivity contribution in [2.24, 2.45) is 5.92 Å². The number of carbonyl (C=O) groups excluding carboxylic acids is 2. The molecule has 0 aromatic heterocycles. The number of rotatable bonds is 9. The minimum absolute atomic E-state index is 0.0105. The first kappa shape index (κ1) is 30.8. The van der Waals surface area contributed by atoms with E-state index in [0.717, 1.165) is 22.1 Å². The van der Waals surface area contributed by atoms with Crippen molar-refractivity contribution in [3.8, 4) is 11.5 Å². The highest BCUT2D eigenvalue weighted by Gasteiger charge is 2.33. The standard InChI is InChI=1S/C35H40N4O5/c1-23-19-39(24(2)22-40)34(41)30-18-27(36-35(42)37-31-11-7-9-26-8-5-6-10-29(26)31)14-17-32(30)44-33(23)21-38(3)20-25-12-15-28(43-4)16-13-25/h5-18,23-24,33,40H,19-22H2,1-4H3,(H2,36,37,42)/t23-,24-,33-/m1/s1. The van der Waals surface area contributed by atoms with Crippen molar-refractivity contribution in [1.29, 1.82) is 0 Å². The number of hydrogen-bond acceptors (Lipinski definition) is 6. The summed E-state index contributed by atoms with van der Waals surface area (Å²) in [4.78, 5) is 30.7. The lowest BCUT2D eigenvalue weighted by molar-refractivity contribution is 0.0341. The SMILES string of the molecule is COc1ccc(CN(C)C[C@H]2Oc3ccc(NC(=O)Nc4cccc5ccccc45)cc3C(=O)N([C@H](C)CO)C[C@H]2C)cc1. The van der Waals surface area contributed by atoms with Gasteiger partial charge in [0.1, 0.15) is 17.6 Å². The number of hydrogen-bond donors (Lipinski definition) is 3. The maximum Gasteiger partial charge on any atom is 0.323 e. The van der Waals surface area contributed by atoms with Gasteiger partial charge in [-0.3, -0.25) is 9.69 Å². The van der Waals surface area contributed by atoms with E-state index in [0.29, 0.717) is 42.3 Å². The second kappa shape index (κ2) is 13.8. The van der Waals surface area contributed by atoms with E-state index >= 15 is 0 Å². The summed E-state index contributed by atoms with van der Waals surface area (Å²) in [5.74, 6) is 0.993. The lowest BCUT2D eigenvalue weighted by Gasteiger charge is -2.38. The maximum absolute atomic E-state index is 13.8. The van der Waals surface area contributed by atoms with E-state index in [4.69, 9.17) is 9.47 Å². The monoisotopic (exact) mass is 596 g/mol. The summed E-state index contributed by atoms with van der Waals surface area (Å²) in [5, 5.41) is 17.7. The molecule has 0 spiro atoms. The van der Waals surface area contributed by atoms with Crippen LogP contribution in [0.15, 0.2) is 84.9 Å². The largest absolute Gasteiger partial charge is 0.497 e. The van der Waals surface area contributed by atoms with Gasteiger partial charge in [0.15, 0.2) is 0 Å². The second-order valence-electron chi connectivity index (χ2n) is 11.5. The Bertz CT molecular complexity index is 1600. The minimum Gasteiger partial charge on any atom is -0.497 e. The first-order chi connectivity index (χ1) is 21.2. The van der Waals surface area contributed by atoms with Crippen LogP contribution in [0.5, 0.6) is 11.5 Å². The van der Waals surface area contributed by atoms with Crippen LogP contribution in [0.3, 0.4) is 0 Å². The molecule has 44 heavy (non-hydrogen) atoms. The van der Waals surface area contributed by atoms with Gasteiger partial charge < -0.3 is 30.1 Å². The average molecular weight is 597 g/mol. The predicted octanol–water partition coefficient (Wildman–Crippen LogP) is 5.84. The summed E-state index contributed by atoms with van der Waals surface area (Å²) in [6.45, 7) is 5.48. The molecule has 3 N–H and O–H groups in total. The Labute approximate surface area is 258 Å². The van der Waals surface area contributed by atoms with E-state index < -0.39 is 6.03 Å². The van der Waals surface area contributed by atoms with Crippen LogP contribution in [0.1, 0.15) is 29.8 Å². The number of carbonyl (C=O) groups is 2. The van der Waals surface area contributed by atoms with Crippen LogP contribution >= 0.6 is 0 Å². The first-order valence-electron chi connectivity index (χ1n) is 14.9. The fraction of sp³-hybridized carbons (Fsp3) is 0.314. The van der Waals surface area contributed by atoms with Gasteiger partial charge in [-0.25, -0.2) is 4.79 Å². The van der Waals surface area contributed by atoms with Gasteiger partial charge in [0.05, 0.1) is 31.0 Å². The number of nitrogens with zero attached hydrogens (tertiary/aromatic N) is 2. The number of aliphatic hydroxyl groups is 1. The topological polar surface area (TPSA) is 103 Å². The third-order valence-electron chi connectivity index (χ3n) is 8.06. The van der Waals surface area contributed by atoms with Crippen LogP contribution in [-0.2, 0) is 6.54 Å². The lowest BCUT2D eigenvalue weighted by atomic mass is 9.99. The number of anilines is 2. The quantitative estimate of drug-likeness (QED) is 0.224. The molecule has 9 nitrogen and oxygen atoms in total. The highest BCUT2D eigenvalue weighted by Crippen LogP contribution is 2.31. The zero-order valence-electron chi connectivity index (χ0n) is 25.6. The summed E-state index contributed by atoms with van der Waals surface area (Å²) in [6, 6.07) is 25.8. The van der Waals surface area contributed by atoms with Crippen LogP contribution in [-0.4, -0.2) is 72.8 Å². The summed E-state index contributed by atoms with van der Waals surface area (Å²) in [7, 11) is 3.69. The number of aliphatic hydroxyl groups excluding tert-OH is 1. The molecule has 230 valence electrons. The number of likely N-dealkylation sites (N-methyl/N-ethyl adjacent to an activating group) is 1. The Morgan fingerprint density at radius 1 is 1.07 bits per heavy atom. The number of urea groups is 1. The van der Waals surface area contributed by atoms with Gasteiger partial charge in [-0.05, 0) is 61.3 Å². The molecule has 3 amide bonds. The first-order valence-corrected chi connectivity index (χ1v) is 14.9. The highest BCUT2D eigenvalue weighted by atomic mass is 16.5. The fourth-order valence-electron chi connectivity index (χ4n) is 5.55. The summed E-state index contributed by atoms with van der Waals surface area (Å²) in [5.41, 5.74) is 2.62. The van der Waals surface area contributed by atoms with Crippen LogP contribution in [0.4, 0.5) is 16.2 Å². The fourth-order valence-corrected chi connectivity index (χ4v) is 5.55. The summed E-state index contributed by atoms with van der Waals surface area (Å²) in [6.07, 6.45) is -0.230. The maximum atomic E-state index is 13.8. The predicted molar refractivity (Wildman–Crippen MR) is 174 cm³/mol. The van der Waals surface area contributed by atoms with Crippen molar-refractivity contribution >= 4 is 34.1 Å². The zero-order valence-corrected chi connectivity index (χ0v) is 25.6. The van der Waals surface area contributed by atoms with E-state index in [1.165, 1.54) is 0 Å². The molecule has 0 radical (unpaired) electrons. The zero-order chi connectivity index (χ0) is 31.2. The van der Waals surface area contributed by atoms with Crippen LogP contribution < -0.4 is 20.1 Å². The van der Waals surface area contributed by atoms with Crippen LogP contribution in [0.25, 0.3) is 10.8 Å². The molecule has 4 aromatic carbocycles. The number of nitrogens with one attached hydrogen (secondary N) is 2. The Morgan fingerprint density at radius 3 is 2.57 bits per heavy atom. The van der Waals surface area contributed by atoms with Crippen molar-refractivity contribution in [2.75, 3.05) is 44.5 Å². The number of fused-ring (bicyclic) bond motifs is 2.